The zero-order valence-corrected chi connectivity index (χ0v) is 17.5. The van der Waals surface area contributed by atoms with Crippen molar-refractivity contribution in [1.82, 2.24) is 10.6 Å². The Balaban J connectivity index is 1.87. The molecule has 7 nitrogen and oxygen atoms in total. The lowest BCUT2D eigenvalue weighted by Gasteiger charge is -2.24. The van der Waals surface area contributed by atoms with Crippen molar-refractivity contribution in [3.63, 3.8) is 0 Å². The monoisotopic (exact) mass is 392 g/mol. The lowest BCUT2D eigenvalue weighted by Crippen LogP contribution is -3.12. The van der Waals surface area contributed by atoms with Gasteiger partial charge in [0.15, 0.2) is 17.5 Å². The van der Waals surface area contributed by atoms with Gasteiger partial charge in [-0.15, -0.1) is 0 Å². The summed E-state index contributed by atoms with van der Waals surface area (Å²) in [6, 6.07) is 5.20. The van der Waals surface area contributed by atoms with Gasteiger partial charge in [-0.1, -0.05) is 19.3 Å². The molecule has 0 spiro atoms. The normalized spacial score (nSPS) is 16.7. The van der Waals surface area contributed by atoms with Crippen LogP contribution in [0.1, 0.15) is 51.5 Å². The maximum atomic E-state index is 12.5. The average Bonchev–Trinajstić information content (AvgIpc) is 2.69. The van der Waals surface area contributed by atoms with E-state index in [2.05, 4.69) is 10.6 Å². The van der Waals surface area contributed by atoms with Crippen molar-refractivity contribution < 1.29 is 24.0 Å². The minimum absolute atomic E-state index is 0.179. The van der Waals surface area contributed by atoms with Crippen molar-refractivity contribution in [1.29, 1.82) is 0 Å². The molecule has 1 saturated carbocycles. The molecule has 28 heavy (non-hydrogen) atoms. The van der Waals surface area contributed by atoms with E-state index in [-0.39, 0.29) is 24.0 Å². The third-order valence-corrected chi connectivity index (χ3v) is 5.32. The number of amides is 3. The van der Waals surface area contributed by atoms with E-state index in [4.69, 9.17) is 9.47 Å². The maximum Gasteiger partial charge on any atom is 0.321 e. The number of rotatable bonds is 8. The lowest BCUT2D eigenvalue weighted by molar-refractivity contribution is -0.908. The topological polar surface area (TPSA) is 81.1 Å². The molecule has 1 aromatic rings. The van der Waals surface area contributed by atoms with Crippen molar-refractivity contribution in [2.45, 2.75) is 64.6 Å². The van der Waals surface area contributed by atoms with Crippen LogP contribution in [-0.2, 0) is 11.3 Å². The van der Waals surface area contributed by atoms with Gasteiger partial charge < -0.3 is 19.7 Å². The Hall–Kier alpha value is -2.28. The molecule has 1 fully saturated rings. The number of carbonyl (C=O) groups excluding carboxylic acids is 2. The molecule has 1 aromatic carbocycles. The summed E-state index contributed by atoms with van der Waals surface area (Å²) in [6.07, 6.45) is 5.46. The molecular formula is C21H34N3O4+. The van der Waals surface area contributed by atoms with Crippen LogP contribution in [0.25, 0.3) is 0 Å². The zero-order chi connectivity index (χ0) is 20.5. The van der Waals surface area contributed by atoms with Crippen LogP contribution in [0.15, 0.2) is 18.2 Å². The van der Waals surface area contributed by atoms with Crippen LogP contribution in [0.2, 0.25) is 0 Å². The number of quaternary nitrogens is 1. The van der Waals surface area contributed by atoms with E-state index < -0.39 is 0 Å². The van der Waals surface area contributed by atoms with E-state index in [1.165, 1.54) is 6.42 Å². The molecule has 1 aliphatic rings. The number of carbonyl (C=O) groups is 2. The molecule has 0 bridgehead atoms. The Labute approximate surface area is 167 Å². The number of nitrogens with one attached hydrogen (secondary N) is 3. The summed E-state index contributed by atoms with van der Waals surface area (Å²) in [4.78, 5) is 25.5. The summed E-state index contributed by atoms with van der Waals surface area (Å²) in [5.74, 6) is 1.11. The van der Waals surface area contributed by atoms with Gasteiger partial charge in [0.2, 0.25) is 0 Å². The van der Waals surface area contributed by atoms with Crippen LogP contribution in [0, 0.1) is 0 Å². The number of likely N-dealkylation sites (N-methyl/N-ethyl adjacent to an activating group) is 1. The first kappa shape index (κ1) is 22.0. The first-order valence-corrected chi connectivity index (χ1v) is 10.2. The van der Waals surface area contributed by atoms with Crippen LogP contribution < -0.4 is 25.0 Å². The largest absolute Gasteiger partial charge is 0.493 e. The third-order valence-electron chi connectivity index (χ3n) is 5.32. The fraction of sp³-hybridized carbons (Fsp3) is 0.619. The quantitative estimate of drug-likeness (QED) is 0.628. The molecule has 3 N–H and O–H groups in total. The summed E-state index contributed by atoms with van der Waals surface area (Å²) in [7, 11) is 3.55. The standard InChI is InChI=1S/C21H33N3O4/c1-5-28-18-12-11-16(13-19(18)27-4)14-24(3)15(2)20(25)23-21(26)22-17-9-7-6-8-10-17/h11-13,15,17H,5-10,14H2,1-4H3,(H2,22,23,25,26)/p+1/t15-/m0/s1. The second-order valence-corrected chi connectivity index (χ2v) is 7.46. The third kappa shape index (κ3) is 6.41. The van der Waals surface area contributed by atoms with E-state index >= 15 is 0 Å². The van der Waals surface area contributed by atoms with Crippen molar-refractivity contribution >= 4 is 11.9 Å². The second-order valence-electron chi connectivity index (χ2n) is 7.46. The molecular weight excluding hydrogens is 358 g/mol. The predicted molar refractivity (Wildman–Crippen MR) is 108 cm³/mol. The molecule has 0 radical (unpaired) electrons. The zero-order valence-electron chi connectivity index (χ0n) is 17.5. The van der Waals surface area contributed by atoms with Gasteiger partial charge in [0.25, 0.3) is 5.91 Å². The Morgan fingerprint density at radius 1 is 1.21 bits per heavy atom. The van der Waals surface area contributed by atoms with E-state index in [0.717, 1.165) is 36.1 Å². The second kappa shape index (κ2) is 10.9. The lowest BCUT2D eigenvalue weighted by atomic mass is 9.96. The molecule has 1 aliphatic carbocycles. The molecule has 2 rings (SSSR count). The van der Waals surface area contributed by atoms with Gasteiger partial charge in [-0.25, -0.2) is 4.79 Å². The Kier molecular flexibility index (Phi) is 8.57. The van der Waals surface area contributed by atoms with Crippen LogP contribution in [0.3, 0.4) is 0 Å². The fourth-order valence-corrected chi connectivity index (χ4v) is 3.48. The molecule has 0 aromatic heterocycles. The molecule has 0 aliphatic heterocycles. The number of methoxy groups -OCH3 is 1. The van der Waals surface area contributed by atoms with Gasteiger partial charge in [0.05, 0.1) is 20.8 Å². The highest BCUT2D eigenvalue weighted by atomic mass is 16.5. The van der Waals surface area contributed by atoms with Crippen molar-refractivity contribution in [3.05, 3.63) is 23.8 Å². The smallest absolute Gasteiger partial charge is 0.321 e. The number of ether oxygens (including phenoxy) is 2. The highest BCUT2D eigenvalue weighted by Gasteiger charge is 2.25. The molecule has 1 unspecified atom stereocenters. The van der Waals surface area contributed by atoms with Gasteiger partial charge >= 0.3 is 6.03 Å². The summed E-state index contributed by atoms with van der Waals surface area (Å²) in [5.41, 5.74) is 1.03. The van der Waals surface area contributed by atoms with Crippen molar-refractivity contribution in [2.24, 2.45) is 0 Å². The minimum atomic E-state index is -0.390. The van der Waals surface area contributed by atoms with Gasteiger partial charge in [-0.2, -0.15) is 0 Å². The molecule has 0 saturated heterocycles. The Bertz CT molecular complexity index is 659. The van der Waals surface area contributed by atoms with Crippen LogP contribution in [0.4, 0.5) is 4.79 Å². The predicted octanol–water partition coefficient (Wildman–Crippen LogP) is 1.66. The van der Waals surface area contributed by atoms with Gasteiger partial charge in [-0.05, 0) is 44.9 Å². The molecule has 7 heteroatoms. The number of benzene rings is 1. The SMILES string of the molecule is CCOc1ccc(C[NH+](C)[C@@H](C)C(=O)NC(=O)NC2CCCCC2)cc1OC. The van der Waals surface area contributed by atoms with Gasteiger partial charge in [0.1, 0.15) is 6.54 Å². The highest BCUT2D eigenvalue weighted by molar-refractivity contribution is 5.96. The minimum Gasteiger partial charge on any atom is -0.493 e. The molecule has 156 valence electrons. The fourth-order valence-electron chi connectivity index (χ4n) is 3.48. The van der Waals surface area contributed by atoms with Crippen molar-refractivity contribution in [3.8, 4) is 11.5 Å². The van der Waals surface area contributed by atoms with E-state index in [1.54, 1.807) is 7.11 Å². The van der Waals surface area contributed by atoms with Crippen LogP contribution in [-0.4, -0.2) is 44.8 Å². The number of imide groups is 1. The summed E-state index contributed by atoms with van der Waals surface area (Å²) < 4.78 is 10.9. The maximum absolute atomic E-state index is 12.5. The molecule has 3 amide bonds. The Morgan fingerprint density at radius 3 is 2.57 bits per heavy atom. The first-order valence-electron chi connectivity index (χ1n) is 10.2. The average molecular weight is 393 g/mol. The summed E-state index contributed by atoms with van der Waals surface area (Å²) in [6.45, 7) is 4.95. The van der Waals surface area contributed by atoms with E-state index in [1.807, 2.05) is 39.1 Å². The summed E-state index contributed by atoms with van der Waals surface area (Å²) in [5, 5.41) is 5.40. The van der Waals surface area contributed by atoms with Crippen LogP contribution >= 0.6 is 0 Å². The van der Waals surface area contributed by atoms with E-state index in [9.17, 15) is 9.59 Å². The first-order chi connectivity index (χ1) is 13.4. The van der Waals surface area contributed by atoms with Gasteiger partial charge in [0, 0.05) is 11.6 Å². The van der Waals surface area contributed by atoms with E-state index in [0.29, 0.717) is 24.7 Å². The van der Waals surface area contributed by atoms with Crippen LogP contribution in [0.5, 0.6) is 11.5 Å². The van der Waals surface area contributed by atoms with Gasteiger partial charge in [-0.3, -0.25) is 10.1 Å². The number of hydrogen-bond donors (Lipinski definition) is 3. The van der Waals surface area contributed by atoms with Crippen molar-refractivity contribution in [2.75, 3.05) is 20.8 Å². The number of hydrogen-bond acceptors (Lipinski definition) is 4. The Morgan fingerprint density at radius 2 is 1.93 bits per heavy atom. The highest BCUT2D eigenvalue weighted by Crippen LogP contribution is 2.27. The summed E-state index contributed by atoms with van der Waals surface area (Å²) >= 11 is 0. The number of urea groups is 1. The molecule has 2 atom stereocenters. The molecule has 0 heterocycles.